The van der Waals surface area contributed by atoms with Gasteiger partial charge in [0.2, 0.25) is 0 Å². The number of carbonyl (C=O) groups is 1. The minimum Gasteiger partial charge on any atom is -0.490 e. The zero-order chi connectivity index (χ0) is 12.1. The molecular weight excluding hydrogens is 214 g/mol. The van der Waals surface area contributed by atoms with Gasteiger partial charge in [-0.2, -0.15) is 0 Å². The van der Waals surface area contributed by atoms with Gasteiger partial charge < -0.3 is 9.84 Å². The number of aliphatic carboxylic acids is 1. The number of carboxylic acids is 1. The van der Waals surface area contributed by atoms with E-state index in [4.69, 9.17) is 9.84 Å². The molecule has 0 saturated carbocycles. The van der Waals surface area contributed by atoms with Gasteiger partial charge in [0.05, 0.1) is 12.0 Å². The van der Waals surface area contributed by atoms with E-state index >= 15 is 0 Å². The Morgan fingerprint density at radius 2 is 2.25 bits per heavy atom. The van der Waals surface area contributed by atoms with E-state index in [9.17, 15) is 14.9 Å². The molecule has 0 spiro atoms. The lowest BCUT2D eigenvalue weighted by Crippen LogP contribution is -1.94. The summed E-state index contributed by atoms with van der Waals surface area (Å²) in [7, 11) is 1.31. The Morgan fingerprint density at radius 1 is 1.56 bits per heavy atom. The average Bonchev–Trinajstić information content (AvgIpc) is 2.25. The van der Waals surface area contributed by atoms with Crippen LogP contribution in [-0.2, 0) is 4.79 Å². The first-order valence-corrected chi connectivity index (χ1v) is 4.28. The second-order valence-corrected chi connectivity index (χ2v) is 2.86. The fourth-order valence-electron chi connectivity index (χ4n) is 1.12. The van der Waals surface area contributed by atoms with Crippen molar-refractivity contribution in [2.24, 2.45) is 0 Å². The maximum absolute atomic E-state index is 10.6. The number of nitro benzene ring substituents is 1. The molecule has 1 rings (SSSR count). The maximum Gasteiger partial charge on any atom is 0.328 e. The molecule has 0 heterocycles. The molecule has 1 aromatic carbocycles. The Kier molecular flexibility index (Phi) is 3.60. The van der Waals surface area contributed by atoms with Crippen molar-refractivity contribution in [3.63, 3.8) is 0 Å². The molecule has 1 N–H and O–H groups in total. The van der Waals surface area contributed by atoms with Gasteiger partial charge in [-0.3, -0.25) is 10.1 Å². The normalized spacial score (nSPS) is 10.3. The lowest BCUT2D eigenvalue weighted by atomic mass is 10.2. The second-order valence-electron chi connectivity index (χ2n) is 2.86. The molecule has 1 aromatic rings. The van der Waals surface area contributed by atoms with E-state index in [0.29, 0.717) is 5.56 Å². The van der Waals surface area contributed by atoms with E-state index in [0.717, 1.165) is 6.08 Å². The molecule has 0 aliphatic rings. The molecule has 84 valence electrons. The first-order valence-electron chi connectivity index (χ1n) is 4.28. The van der Waals surface area contributed by atoms with Gasteiger partial charge in [0, 0.05) is 12.1 Å². The Labute approximate surface area is 90.9 Å². The number of rotatable bonds is 4. The van der Waals surface area contributed by atoms with E-state index in [1.165, 1.54) is 31.4 Å². The maximum atomic E-state index is 10.6. The average molecular weight is 223 g/mol. The van der Waals surface area contributed by atoms with Crippen LogP contribution in [0.15, 0.2) is 24.3 Å². The minimum atomic E-state index is -1.09. The van der Waals surface area contributed by atoms with Crippen molar-refractivity contribution < 1.29 is 19.6 Å². The topological polar surface area (TPSA) is 89.7 Å². The molecule has 0 unspecified atom stereocenters. The molecule has 0 aliphatic carbocycles. The Hall–Kier alpha value is -2.37. The SMILES string of the molecule is COc1cc(C=CC(=O)O)ccc1[N+](=O)[O-]. The molecule has 6 nitrogen and oxygen atoms in total. The van der Waals surface area contributed by atoms with Gasteiger partial charge in [-0.05, 0) is 23.8 Å². The third kappa shape index (κ3) is 2.81. The Bertz CT molecular complexity index is 453. The van der Waals surface area contributed by atoms with Crippen LogP contribution in [0.3, 0.4) is 0 Å². The van der Waals surface area contributed by atoms with E-state index < -0.39 is 10.9 Å². The number of nitrogens with zero attached hydrogens (tertiary/aromatic N) is 1. The number of hydrogen-bond acceptors (Lipinski definition) is 4. The van der Waals surface area contributed by atoms with Gasteiger partial charge in [0.25, 0.3) is 0 Å². The first-order chi connectivity index (χ1) is 7.54. The van der Waals surface area contributed by atoms with E-state index in [1.54, 1.807) is 0 Å². The zero-order valence-corrected chi connectivity index (χ0v) is 8.41. The summed E-state index contributed by atoms with van der Waals surface area (Å²) in [5.41, 5.74) is 0.361. The van der Waals surface area contributed by atoms with Gasteiger partial charge >= 0.3 is 11.7 Å². The molecule has 0 amide bonds. The summed E-state index contributed by atoms with van der Waals surface area (Å²) in [6.07, 6.45) is 2.27. The third-order valence-electron chi connectivity index (χ3n) is 1.82. The second kappa shape index (κ2) is 4.92. The number of carboxylic acid groups (broad SMARTS) is 1. The summed E-state index contributed by atoms with van der Waals surface area (Å²) < 4.78 is 4.83. The summed E-state index contributed by atoms with van der Waals surface area (Å²) in [6.45, 7) is 0. The van der Waals surface area contributed by atoms with E-state index in [1.807, 2.05) is 0 Å². The quantitative estimate of drug-likeness (QED) is 0.476. The highest BCUT2D eigenvalue weighted by atomic mass is 16.6. The fourth-order valence-corrected chi connectivity index (χ4v) is 1.12. The smallest absolute Gasteiger partial charge is 0.328 e. The van der Waals surface area contributed by atoms with Gasteiger partial charge in [-0.1, -0.05) is 0 Å². The van der Waals surface area contributed by atoms with Crippen LogP contribution in [-0.4, -0.2) is 23.1 Å². The number of methoxy groups -OCH3 is 1. The lowest BCUT2D eigenvalue weighted by Gasteiger charge is -2.02. The van der Waals surface area contributed by atoms with Crippen molar-refractivity contribution in [1.82, 2.24) is 0 Å². The number of hydrogen-bond donors (Lipinski definition) is 1. The van der Waals surface area contributed by atoms with Crippen LogP contribution >= 0.6 is 0 Å². The van der Waals surface area contributed by atoms with Crippen LogP contribution in [0.4, 0.5) is 5.69 Å². The zero-order valence-electron chi connectivity index (χ0n) is 8.41. The van der Waals surface area contributed by atoms with Crippen molar-refractivity contribution in [2.45, 2.75) is 0 Å². The molecule has 0 atom stereocenters. The largest absolute Gasteiger partial charge is 0.490 e. The predicted molar refractivity (Wildman–Crippen MR) is 56.3 cm³/mol. The first kappa shape index (κ1) is 11.7. The van der Waals surface area contributed by atoms with Crippen molar-refractivity contribution >= 4 is 17.7 Å². The predicted octanol–water partition coefficient (Wildman–Crippen LogP) is 1.70. The molecule has 6 heteroatoms. The molecule has 0 bridgehead atoms. The number of ether oxygens (including phenoxy) is 1. The third-order valence-corrected chi connectivity index (χ3v) is 1.82. The molecule has 0 aromatic heterocycles. The van der Waals surface area contributed by atoms with Crippen LogP contribution in [0.25, 0.3) is 6.08 Å². The highest BCUT2D eigenvalue weighted by molar-refractivity contribution is 5.85. The highest BCUT2D eigenvalue weighted by Crippen LogP contribution is 2.27. The van der Waals surface area contributed by atoms with Crippen molar-refractivity contribution in [3.8, 4) is 5.75 Å². The summed E-state index contributed by atoms with van der Waals surface area (Å²) in [5.74, 6) is -0.991. The standard InChI is InChI=1S/C10H9NO5/c1-16-9-6-7(3-5-10(12)13)2-4-8(9)11(14)15/h2-6H,1H3,(H,12,13). The van der Waals surface area contributed by atoms with Crippen molar-refractivity contribution in [1.29, 1.82) is 0 Å². The van der Waals surface area contributed by atoms with Gasteiger partial charge in [0.1, 0.15) is 0 Å². The van der Waals surface area contributed by atoms with Gasteiger partial charge in [0.15, 0.2) is 5.75 Å². The minimum absolute atomic E-state index is 0.0949. The van der Waals surface area contributed by atoms with Crippen molar-refractivity contribution in [3.05, 3.63) is 40.0 Å². The van der Waals surface area contributed by atoms with Crippen molar-refractivity contribution in [2.75, 3.05) is 7.11 Å². The monoisotopic (exact) mass is 223 g/mol. The molecule has 0 radical (unpaired) electrons. The molecular formula is C10H9NO5. The highest BCUT2D eigenvalue weighted by Gasteiger charge is 2.13. The summed E-state index contributed by atoms with van der Waals surface area (Å²) >= 11 is 0. The number of nitro groups is 1. The van der Waals surface area contributed by atoms with Gasteiger partial charge in [-0.15, -0.1) is 0 Å². The van der Waals surface area contributed by atoms with Crippen LogP contribution in [0, 0.1) is 10.1 Å². The van der Waals surface area contributed by atoms with E-state index in [2.05, 4.69) is 0 Å². The summed E-state index contributed by atoms with van der Waals surface area (Å²) in [4.78, 5) is 20.3. The van der Waals surface area contributed by atoms with E-state index in [-0.39, 0.29) is 11.4 Å². The summed E-state index contributed by atoms with van der Waals surface area (Å²) in [6, 6.07) is 4.11. The lowest BCUT2D eigenvalue weighted by molar-refractivity contribution is -0.385. The Balaban J connectivity index is 3.09. The van der Waals surface area contributed by atoms with Crippen LogP contribution in [0.1, 0.15) is 5.56 Å². The van der Waals surface area contributed by atoms with Gasteiger partial charge in [-0.25, -0.2) is 4.79 Å². The molecule has 0 aliphatic heterocycles. The molecule has 0 saturated heterocycles. The van der Waals surface area contributed by atoms with Crippen LogP contribution in [0.5, 0.6) is 5.75 Å². The van der Waals surface area contributed by atoms with Crippen LogP contribution < -0.4 is 4.74 Å². The summed E-state index contributed by atoms with van der Waals surface area (Å²) in [5, 5.41) is 19.0. The molecule has 16 heavy (non-hydrogen) atoms. The Morgan fingerprint density at radius 3 is 2.75 bits per heavy atom. The fraction of sp³-hybridized carbons (Fsp3) is 0.100. The molecule has 0 fully saturated rings. The van der Waals surface area contributed by atoms with Crippen LogP contribution in [0.2, 0.25) is 0 Å². The number of benzene rings is 1.